The van der Waals surface area contributed by atoms with Gasteiger partial charge < -0.3 is 5.73 Å². The highest BCUT2D eigenvalue weighted by Crippen LogP contribution is 2.36. The van der Waals surface area contributed by atoms with Crippen LogP contribution >= 0.6 is 34.9 Å². The van der Waals surface area contributed by atoms with Crippen molar-refractivity contribution in [2.24, 2.45) is 5.73 Å². The van der Waals surface area contributed by atoms with Crippen LogP contribution in [-0.2, 0) is 6.42 Å². The number of nitrogens with two attached hydrogens (primary N) is 1. The molecule has 0 unspecified atom stereocenters. The average Bonchev–Trinajstić information content (AvgIpc) is 2.76. The normalized spacial score (nSPS) is 10.6. The summed E-state index contributed by atoms with van der Waals surface area (Å²) in [5.74, 6) is 0. The SMILES string of the molecule is NCCc1cccc(Cl)c1Sc1ncns1. The molecule has 1 aromatic carbocycles. The smallest absolute Gasteiger partial charge is 0.174 e. The van der Waals surface area contributed by atoms with E-state index in [0.717, 1.165) is 26.2 Å². The highest BCUT2D eigenvalue weighted by atomic mass is 35.5. The van der Waals surface area contributed by atoms with E-state index in [1.807, 2.05) is 18.2 Å². The third-order valence-corrected chi connectivity index (χ3v) is 4.32. The van der Waals surface area contributed by atoms with E-state index in [9.17, 15) is 0 Å². The van der Waals surface area contributed by atoms with Crippen LogP contribution in [0.3, 0.4) is 0 Å². The second-order valence-electron chi connectivity index (χ2n) is 3.08. The summed E-state index contributed by atoms with van der Waals surface area (Å²) in [6.07, 6.45) is 2.37. The van der Waals surface area contributed by atoms with Crippen LogP contribution in [0.25, 0.3) is 0 Å². The largest absolute Gasteiger partial charge is 0.330 e. The molecule has 0 saturated carbocycles. The quantitative estimate of drug-likeness (QED) is 0.929. The molecule has 2 rings (SSSR count). The third kappa shape index (κ3) is 2.74. The van der Waals surface area contributed by atoms with Crippen LogP contribution < -0.4 is 5.73 Å². The summed E-state index contributed by atoms with van der Waals surface area (Å²) < 4.78 is 4.86. The van der Waals surface area contributed by atoms with E-state index in [4.69, 9.17) is 17.3 Å². The Morgan fingerprint density at radius 2 is 2.31 bits per heavy atom. The number of hydrogen-bond acceptors (Lipinski definition) is 5. The lowest BCUT2D eigenvalue weighted by Gasteiger charge is -2.08. The highest BCUT2D eigenvalue weighted by Gasteiger charge is 2.10. The van der Waals surface area contributed by atoms with Crippen molar-refractivity contribution in [2.75, 3.05) is 6.54 Å². The summed E-state index contributed by atoms with van der Waals surface area (Å²) in [6.45, 7) is 0.615. The fraction of sp³-hybridized carbons (Fsp3) is 0.200. The maximum Gasteiger partial charge on any atom is 0.174 e. The van der Waals surface area contributed by atoms with Crippen LogP contribution in [0.4, 0.5) is 0 Å². The van der Waals surface area contributed by atoms with Gasteiger partial charge in [0.1, 0.15) is 6.33 Å². The average molecular weight is 272 g/mol. The number of hydrogen-bond donors (Lipinski definition) is 1. The van der Waals surface area contributed by atoms with Gasteiger partial charge >= 0.3 is 0 Å². The van der Waals surface area contributed by atoms with Crippen molar-refractivity contribution in [3.8, 4) is 0 Å². The number of rotatable bonds is 4. The zero-order chi connectivity index (χ0) is 11.4. The molecule has 0 radical (unpaired) electrons. The van der Waals surface area contributed by atoms with E-state index in [2.05, 4.69) is 9.36 Å². The lowest BCUT2D eigenvalue weighted by molar-refractivity contribution is 0.944. The predicted octanol–water partition coefficient (Wildman–Crippen LogP) is 2.84. The van der Waals surface area contributed by atoms with Crippen LogP contribution in [0.2, 0.25) is 5.02 Å². The van der Waals surface area contributed by atoms with Gasteiger partial charge in [0, 0.05) is 4.90 Å². The lowest BCUT2D eigenvalue weighted by atomic mass is 10.1. The van der Waals surface area contributed by atoms with Crippen molar-refractivity contribution in [1.29, 1.82) is 0 Å². The van der Waals surface area contributed by atoms with Crippen LogP contribution in [0.15, 0.2) is 33.8 Å². The Morgan fingerprint density at radius 3 is 3.00 bits per heavy atom. The molecule has 3 nitrogen and oxygen atoms in total. The van der Waals surface area contributed by atoms with Gasteiger partial charge in [0.25, 0.3) is 0 Å². The third-order valence-electron chi connectivity index (χ3n) is 1.99. The Morgan fingerprint density at radius 1 is 1.44 bits per heavy atom. The molecule has 2 N–H and O–H groups in total. The summed E-state index contributed by atoms with van der Waals surface area (Å²) in [5, 5.41) is 0.742. The molecule has 0 aliphatic carbocycles. The van der Waals surface area contributed by atoms with Crippen molar-refractivity contribution < 1.29 is 0 Å². The van der Waals surface area contributed by atoms with Crippen molar-refractivity contribution in [3.05, 3.63) is 35.1 Å². The summed E-state index contributed by atoms with van der Waals surface area (Å²) in [6, 6.07) is 5.87. The molecule has 0 aliphatic rings. The van der Waals surface area contributed by atoms with E-state index in [-0.39, 0.29) is 0 Å². The first-order valence-corrected chi connectivity index (χ1v) is 6.70. The van der Waals surface area contributed by atoms with Crippen molar-refractivity contribution in [1.82, 2.24) is 9.36 Å². The van der Waals surface area contributed by atoms with Gasteiger partial charge in [-0.05, 0) is 36.1 Å². The number of nitrogens with zero attached hydrogens (tertiary/aromatic N) is 2. The van der Waals surface area contributed by atoms with Crippen molar-refractivity contribution in [3.63, 3.8) is 0 Å². The molecule has 0 atom stereocenters. The first-order valence-electron chi connectivity index (χ1n) is 4.73. The maximum atomic E-state index is 6.18. The van der Waals surface area contributed by atoms with E-state index < -0.39 is 0 Å². The molecule has 0 aliphatic heterocycles. The van der Waals surface area contributed by atoms with Crippen molar-refractivity contribution in [2.45, 2.75) is 15.7 Å². The molecule has 1 aromatic heterocycles. The first-order chi connectivity index (χ1) is 7.81. The van der Waals surface area contributed by atoms with Crippen LogP contribution in [0, 0.1) is 0 Å². The molecule has 0 fully saturated rings. The van der Waals surface area contributed by atoms with Crippen LogP contribution in [0.5, 0.6) is 0 Å². The Kier molecular flexibility index (Phi) is 4.17. The van der Waals surface area contributed by atoms with Gasteiger partial charge in [0.05, 0.1) is 5.02 Å². The second-order valence-corrected chi connectivity index (χ2v) is 5.52. The summed E-state index contributed by atoms with van der Waals surface area (Å²) in [4.78, 5) is 5.17. The topological polar surface area (TPSA) is 51.8 Å². The van der Waals surface area contributed by atoms with Gasteiger partial charge in [-0.1, -0.05) is 35.5 Å². The molecular formula is C10H10ClN3S2. The van der Waals surface area contributed by atoms with Gasteiger partial charge in [-0.3, -0.25) is 0 Å². The molecule has 2 aromatic rings. The zero-order valence-electron chi connectivity index (χ0n) is 8.39. The minimum absolute atomic E-state index is 0.615. The minimum atomic E-state index is 0.615. The van der Waals surface area contributed by atoms with E-state index in [1.165, 1.54) is 11.5 Å². The van der Waals surface area contributed by atoms with Gasteiger partial charge in [-0.2, -0.15) is 4.37 Å². The van der Waals surface area contributed by atoms with Crippen LogP contribution in [-0.4, -0.2) is 15.9 Å². The molecule has 0 bridgehead atoms. The Bertz CT molecular complexity index is 459. The molecular weight excluding hydrogens is 262 g/mol. The minimum Gasteiger partial charge on any atom is -0.330 e. The molecule has 0 amide bonds. The fourth-order valence-electron chi connectivity index (χ4n) is 1.32. The predicted molar refractivity (Wildman–Crippen MR) is 68.2 cm³/mol. The summed E-state index contributed by atoms with van der Waals surface area (Å²) >= 11 is 9.09. The zero-order valence-corrected chi connectivity index (χ0v) is 10.8. The van der Waals surface area contributed by atoms with Gasteiger partial charge in [0.2, 0.25) is 0 Å². The van der Waals surface area contributed by atoms with Crippen molar-refractivity contribution >= 4 is 34.9 Å². The number of benzene rings is 1. The Labute approximate surface area is 107 Å². The van der Waals surface area contributed by atoms with E-state index in [1.54, 1.807) is 18.1 Å². The monoisotopic (exact) mass is 271 g/mol. The lowest BCUT2D eigenvalue weighted by Crippen LogP contribution is -2.03. The molecule has 16 heavy (non-hydrogen) atoms. The molecule has 1 heterocycles. The van der Waals surface area contributed by atoms with Gasteiger partial charge in [0.15, 0.2) is 4.34 Å². The molecule has 0 saturated heterocycles. The second kappa shape index (κ2) is 5.63. The maximum absolute atomic E-state index is 6.18. The highest BCUT2D eigenvalue weighted by molar-refractivity contribution is 8.01. The first kappa shape index (κ1) is 11.9. The Hall–Kier alpha value is -0.620. The van der Waals surface area contributed by atoms with E-state index >= 15 is 0 Å². The molecule has 84 valence electrons. The van der Waals surface area contributed by atoms with Crippen LogP contribution in [0.1, 0.15) is 5.56 Å². The van der Waals surface area contributed by atoms with Gasteiger partial charge in [-0.25, -0.2) is 4.98 Å². The number of halogens is 1. The number of aromatic nitrogens is 2. The summed E-state index contributed by atoms with van der Waals surface area (Å²) in [7, 11) is 0. The van der Waals surface area contributed by atoms with Gasteiger partial charge in [-0.15, -0.1) is 0 Å². The Balaban J connectivity index is 2.30. The summed E-state index contributed by atoms with van der Waals surface area (Å²) in [5.41, 5.74) is 6.74. The van der Waals surface area contributed by atoms with E-state index in [0.29, 0.717) is 6.54 Å². The molecule has 0 spiro atoms. The molecule has 6 heteroatoms. The fourth-order valence-corrected chi connectivity index (χ4v) is 3.17. The standard InChI is InChI=1S/C10H10ClN3S2/c11-8-3-1-2-7(4-5-12)9(8)15-10-13-6-14-16-10/h1-3,6H,4-5,12H2.